The number of carbonyl (C=O) groups is 3. The minimum atomic E-state index is -1.13. The van der Waals surface area contributed by atoms with Crippen molar-refractivity contribution in [1.82, 2.24) is 5.32 Å². The summed E-state index contributed by atoms with van der Waals surface area (Å²) in [5.41, 5.74) is 0.239. The smallest absolute Gasteiger partial charge is 0.343 e. The number of amides is 1. The van der Waals surface area contributed by atoms with Crippen molar-refractivity contribution in [3.8, 4) is 5.75 Å². The largest absolute Gasteiger partial charge is 0.482 e. The first kappa shape index (κ1) is 14.5. The van der Waals surface area contributed by atoms with Gasteiger partial charge >= 0.3 is 11.9 Å². The average Bonchev–Trinajstić information content (AvgIpc) is 2.42. The molecule has 0 saturated heterocycles. The molecule has 7 heteroatoms. The van der Waals surface area contributed by atoms with Crippen LogP contribution in [0.15, 0.2) is 24.3 Å². The SMILES string of the molecule is COC(=O)COc1cccc(C(=O)NCC(=O)O)c1. The van der Waals surface area contributed by atoms with Crippen molar-refractivity contribution in [2.24, 2.45) is 0 Å². The molecule has 1 aromatic rings. The van der Waals surface area contributed by atoms with Gasteiger partial charge in [-0.2, -0.15) is 0 Å². The van der Waals surface area contributed by atoms with Gasteiger partial charge in [-0.1, -0.05) is 6.07 Å². The van der Waals surface area contributed by atoms with Crippen LogP contribution in [-0.2, 0) is 14.3 Å². The first-order valence-electron chi connectivity index (χ1n) is 5.32. The van der Waals surface area contributed by atoms with Gasteiger partial charge in [-0.3, -0.25) is 9.59 Å². The van der Waals surface area contributed by atoms with Crippen molar-refractivity contribution in [3.05, 3.63) is 29.8 Å². The van der Waals surface area contributed by atoms with Crippen molar-refractivity contribution < 1.29 is 29.0 Å². The summed E-state index contributed by atoms with van der Waals surface area (Å²) in [7, 11) is 1.24. The fourth-order valence-corrected chi connectivity index (χ4v) is 1.19. The van der Waals surface area contributed by atoms with Crippen LogP contribution in [-0.4, -0.2) is 43.2 Å². The summed E-state index contributed by atoms with van der Waals surface area (Å²) < 4.78 is 9.51. The zero-order valence-corrected chi connectivity index (χ0v) is 10.2. The number of hydrogen-bond donors (Lipinski definition) is 2. The molecule has 0 atom stereocenters. The summed E-state index contributed by atoms with van der Waals surface area (Å²) in [6, 6.07) is 6.03. The third-order valence-corrected chi connectivity index (χ3v) is 2.08. The Kier molecular flexibility index (Phi) is 5.34. The molecule has 0 aliphatic heterocycles. The molecule has 7 nitrogen and oxygen atoms in total. The quantitative estimate of drug-likeness (QED) is 0.706. The molecule has 0 aliphatic carbocycles. The molecule has 0 bridgehead atoms. The summed E-state index contributed by atoms with van der Waals surface area (Å²) in [6.45, 7) is -0.733. The van der Waals surface area contributed by atoms with Gasteiger partial charge in [0.05, 0.1) is 7.11 Å². The van der Waals surface area contributed by atoms with Crippen LogP contribution in [0.4, 0.5) is 0 Å². The molecule has 2 N–H and O–H groups in total. The molecule has 1 rings (SSSR count). The van der Waals surface area contributed by atoms with Crippen LogP contribution in [0.3, 0.4) is 0 Å². The fraction of sp³-hybridized carbons (Fsp3) is 0.250. The second kappa shape index (κ2) is 7.00. The maximum atomic E-state index is 11.6. The van der Waals surface area contributed by atoms with Crippen molar-refractivity contribution in [2.45, 2.75) is 0 Å². The molecule has 0 spiro atoms. The predicted octanol–water partition coefficient (Wildman–Crippen LogP) is 0.0528. The molecule has 0 fully saturated rings. The molecular weight excluding hydrogens is 254 g/mol. The van der Waals surface area contributed by atoms with E-state index in [4.69, 9.17) is 9.84 Å². The maximum absolute atomic E-state index is 11.6. The summed E-state index contributed by atoms with van der Waals surface area (Å²) in [5.74, 6) is -1.90. The molecular formula is C12H13NO6. The first-order valence-corrected chi connectivity index (χ1v) is 5.32. The Hall–Kier alpha value is -2.57. The normalized spacial score (nSPS) is 9.53. The summed E-state index contributed by atoms with van der Waals surface area (Å²) in [4.78, 5) is 32.8. The third kappa shape index (κ3) is 5.07. The van der Waals surface area contributed by atoms with E-state index in [-0.39, 0.29) is 12.2 Å². The first-order chi connectivity index (χ1) is 9.02. The van der Waals surface area contributed by atoms with E-state index in [1.165, 1.54) is 19.2 Å². The van der Waals surface area contributed by atoms with Crippen LogP contribution >= 0.6 is 0 Å². The number of carboxylic acids is 1. The molecule has 1 amide bonds. The highest BCUT2D eigenvalue weighted by Gasteiger charge is 2.09. The van der Waals surface area contributed by atoms with Crippen molar-refractivity contribution in [1.29, 1.82) is 0 Å². The van der Waals surface area contributed by atoms with Gasteiger partial charge in [0, 0.05) is 5.56 Å². The Morgan fingerprint density at radius 1 is 1.32 bits per heavy atom. The van der Waals surface area contributed by atoms with Gasteiger partial charge in [0.25, 0.3) is 5.91 Å². The van der Waals surface area contributed by atoms with Crippen LogP contribution in [0, 0.1) is 0 Å². The third-order valence-electron chi connectivity index (χ3n) is 2.08. The lowest BCUT2D eigenvalue weighted by Crippen LogP contribution is -2.29. The van der Waals surface area contributed by atoms with E-state index >= 15 is 0 Å². The lowest BCUT2D eigenvalue weighted by atomic mass is 10.2. The zero-order valence-electron chi connectivity index (χ0n) is 10.2. The molecule has 102 valence electrons. The van der Waals surface area contributed by atoms with Gasteiger partial charge in [-0.15, -0.1) is 0 Å². The van der Waals surface area contributed by atoms with E-state index in [1.54, 1.807) is 12.1 Å². The highest BCUT2D eigenvalue weighted by molar-refractivity contribution is 5.96. The Balaban J connectivity index is 2.63. The highest BCUT2D eigenvalue weighted by Crippen LogP contribution is 2.13. The van der Waals surface area contributed by atoms with Crippen LogP contribution in [0.2, 0.25) is 0 Å². The van der Waals surface area contributed by atoms with E-state index in [9.17, 15) is 14.4 Å². The number of methoxy groups -OCH3 is 1. The van der Waals surface area contributed by atoms with E-state index < -0.39 is 24.4 Å². The lowest BCUT2D eigenvalue weighted by Gasteiger charge is -2.07. The molecule has 1 aromatic carbocycles. The number of carboxylic acid groups (broad SMARTS) is 1. The van der Waals surface area contributed by atoms with Crippen molar-refractivity contribution >= 4 is 17.8 Å². The Morgan fingerprint density at radius 3 is 2.68 bits per heavy atom. The van der Waals surface area contributed by atoms with Crippen LogP contribution < -0.4 is 10.1 Å². The van der Waals surface area contributed by atoms with Gasteiger partial charge in [-0.05, 0) is 18.2 Å². The second-order valence-corrected chi connectivity index (χ2v) is 3.47. The monoisotopic (exact) mass is 267 g/mol. The van der Waals surface area contributed by atoms with Crippen LogP contribution in [0.1, 0.15) is 10.4 Å². The molecule has 0 radical (unpaired) electrons. The lowest BCUT2D eigenvalue weighted by molar-refractivity contribution is -0.143. The minimum Gasteiger partial charge on any atom is -0.482 e. The highest BCUT2D eigenvalue weighted by atomic mass is 16.6. The molecule has 0 aliphatic rings. The van der Waals surface area contributed by atoms with E-state index in [1.807, 2.05) is 0 Å². The van der Waals surface area contributed by atoms with Gasteiger partial charge in [0.2, 0.25) is 0 Å². The molecule has 19 heavy (non-hydrogen) atoms. The number of aliphatic carboxylic acids is 1. The van der Waals surface area contributed by atoms with Crippen LogP contribution in [0.5, 0.6) is 5.75 Å². The van der Waals surface area contributed by atoms with Crippen molar-refractivity contribution in [2.75, 3.05) is 20.3 Å². The summed E-state index contributed by atoms with van der Waals surface area (Å²) in [6.07, 6.45) is 0. The molecule has 0 unspecified atom stereocenters. The summed E-state index contributed by atoms with van der Waals surface area (Å²) in [5, 5.41) is 10.7. The van der Waals surface area contributed by atoms with Gasteiger partial charge in [0.15, 0.2) is 6.61 Å². The Bertz CT molecular complexity index is 485. The number of hydrogen-bond acceptors (Lipinski definition) is 5. The summed E-state index contributed by atoms with van der Waals surface area (Å²) >= 11 is 0. The molecule has 0 aromatic heterocycles. The number of esters is 1. The van der Waals surface area contributed by atoms with E-state index in [0.29, 0.717) is 5.75 Å². The predicted molar refractivity (Wildman–Crippen MR) is 63.9 cm³/mol. The average molecular weight is 267 g/mol. The van der Waals surface area contributed by atoms with Crippen LogP contribution in [0.25, 0.3) is 0 Å². The zero-order chi connectivity index (χ0) is 14.3. The Morgan fingerprint density at radius 2 is 2.05 bits per heavy atom. The van der Waals surface area contributed by atoms with Gasteiger partial charge in [0.1, 0.15) is 12.3 Å². The fourth-order valence-electron chi connectivity index (χ4n) is 1.19. The topological polar surface area (TPSA) is 102 Å². The van der Waals surface area contributed by atoms with Gasteiger partial charge in [-0.25, -0.2) is 4.79 Å². The number of ether oxygens (including phenoxy) is 2. The van der Waals surface area contributed by atoms with E-state index in [2.05, 4.69) is 10.1 Å². The van der Waals surface area contributed by atoms with Crippen molar-refractivity contribution in [3.63, 3.8) is 0 Å². The molecule has 0 saturated carbocycles. The van der Waals surface area contributed by atoms with Gasteiger partial charge < -0.3 is 19.9 Å². The number of rotatable bonds is 6. The number of nitrogens with one attached hydrogen (secondary N) is 1. The van der Waals surface area contributed by atoms with E-state index in [0.717, 1.165) is 0 Å². The Labute approximate surface area is 109 Å². The number of carbonyl (C=O) groups excluding carboxylic acids is 2. The molecule has 0 heterocycles. The number of benzene rings is 1. The second-order valence-electron chi connectivity index (χ2n) is 3.47. The minimum absolute atomic E-state index is 0.239. The standard InChI is InChI=1S/C12H13NO6/c1-18-11(16)7-19-9-4-2-3-8(5-9)12(17)13-6-10(14)15/h2-5H,6-7H2,1H3,(H,13,17)(H,14,15). The maximum Gasteiger partial charge on any atom is 0.343 e.